The van der Waals surface area contributed by atoms with Gasteiger partial charge in [0.2, 0.25) is 5.95 Å². The molecule has 2 aromatic rings. The number of aromatic nitrogens is 4. The maximum absolute atomic E-state index is 13.6. The molecule has 0 bridgehead atoms. The summed E-state index contributed by atoms with van der Waals surface area (Å²) in [6.07, 6.45) is -2.44. The van der Waals surface area contributed by atoms with Crippen LogP contribution in [0.2, 0.25) is 22.2 Å². The molecule has 0 radical (unpaired) electrons. The third-order valence-electron chi connectivity index (χ3n) is 8.04. The van der Waals surface area contributed by atoms with Crippen LogP contribution in [0.5, 0.6) is 0 Å². The highest BCUT2D eigenvalue weighted by Crippen LogP contribution is 2.48. The van der Waals surface area contributed by atoms with Crippen molar-refractivity contribution in [2.75, 3.05) is 12.3 Å². The molecule has 0 aromatic carbocycles. The average Bonchev–Trinajstić information content (AvgIpc) is 3.26. The number of anilines is 1. The van der Waals surface area contributed by atoms with Crippen LogP contribution in [0, 0.1) is 0 Å². The van der Waals surface area contributed by atoms with E-state index in [1.807, 2.05) is 0 Å². The second-order valence-corrected chi connectivity index (χ2v) is 20.6. The van der Waals surface area contributed by atoms with Crippen LogP contribution in [0.3, 0.4) is 0 Å². The summed E-state index contributed by atoms with van der Waals surface area (Å²) in [7, 11) is -5.85. The molecule has 4 heterocycles. The van der Waals surface area contributed by atoms with Crippen molar-refractivity contribution >= 4 is 34.2 Å². The number of aliphatic hydroxyl groups is 1. The number of nitrogens with two attached hydrogens (primary N) is 1. The van der Waals surface area contributed by atoms with Crippen LogP contribution in [-0.4, -0.2) is 66.2 Å². The van der Waals surface area contributed by atoms with Crippen molar-refractivity contribution < 1.29 is 22.8 Å². The molecular weight excluding hydrogens is 538 g/mol. The molecule has 2 saturated heterocycles. The van der Waals surface area contributed by atoms with Gasteiger partial charge in [0, 0.05) is 6.54 Å². The van der Waals surface area contributed by atoms with Crippen molar-refractivity contribution in [3.8, 4) is 0 Å². The van der Waals surface area contributed by atoms with Crippen molar-refractivity contribution in [2.24, 2.45) is 0 Å². The molecule has 39 heavy (non-hydrogen) atoms. The summed E-state index contributed by atoms with van der Waals surface area (Å²) in [6, 6.07) is 0. The lowest BCUT2D eigenvalue weighted by molar-refractivity contribution is -0.0583. The molecule has 218 valence electrons. The molecule has 0 aliphatic carbocycles. The summed E-state index contributed by atoms with van der Waals surface area (Å²) in [6.45, 7) is 20.8. The first-order valence-electron chi connectivity index (χ1n) is 13.7. The Balaban J connectivity index is 1.88. The van der Waals surface area contributed by atoms with Gasteiger partial charge in [0.25, 0.3) is 5.56 Å². The number of nitrogens with zero attached hydrogens (tertiary/aromatic N) is 3. The van der Waals surface area contributed by atoms with E-state index in [1.54, 1.807) is 0 Å². The molecule has 0 spiro atoms. The zero-order valence-corrected chi connectivity index (χ0v) is 26.1. The maximum Gasteiger partial charge on any atom is 0.335 e. The molecule has 0 unspecified atom stereocenters. The van der Waals surface area contributed by atoms with E-state index in [4.69, 9.17) is 23.4 Å². The van der Waals surface area contributed by atoms with Crippen LogP contribution < -0.4 is 17.0 Å². The van der Waals surface area contributed by atoms with Gasteiger partial charge in [-0.15, -0.1) is 6.58 Å². The zero-order valence-electron chi connectivity index (χ0n) is 24.1. The number of imidazole rings is 1. The molecule has 0 amide bonds. The van der Waals surface area contributed by atoms with E-state index in [2.05, 4.69) is 71.9 Å². The highest BCUT2D eigenvalue weighted by atomic mass is 28.5. The summed E-state index contributed by atoms with van der Waals surface area (Å²) in [5, 5.41) is 11.7. The van der Waals surface area contributed by atoms with E-state index in [0.29, 0.717) is 0 Å². The number of nitrogen functional groups attached to an aromatic ring is 1. The van der Waals surface area contributed by atoms with Gasteiger partial charge >= 0.3 is 22.8 Å². The highest BCUT2D eigenvalue weighted by molar-refractivity contribution is 6.84. The van der Waals surface area contributed by atoms with Gasteiger partial charge in [-0.2, -0.15) is 4.98 Å². The van der Waals surface area contributed by atoms with E-state index in [-0.39, 0.29) is 52.4 Å². The van der Waals surface area contributed by atoms with Gasteiger partial charge in [-0.1, -0.05) is 61.5 Å². The fraction of sp³-hybridized carbons (Fsp3) is 0.720. The Morgan fingerprint density at radius 1 is 1.10 bits per heavy atom. The number of nitrogens with one attached hydrogen (secondary N) is 1. The van der Waals surface area contributed by atoms with Gasteiger partial charge in [0.05, 0.1) is 6.61 Å². The quantitative estimate of drug-likeness (QED) is 0.330. The summed E-state index contributed by atoms with van der Waals surface area (Å²) >= 11 is 0. The lowest BCUT2D eigenvalue weighted by Gasteiger charge is -2.51. The minimum Gasteiger partial charge on any atom is -0.414 e. The Kier molecular flexibility index (Phi) is 8.22. The molecule has 0 saturated carbocycles. The fourth-order valence-electron chi connectivity index (χ4n) is 6.08. The van der Waals surface area contributed by atoms with E-state index >= 15 is 0 Å². The number of rotatable bonds is 7. The van der Waals surface area contributed by atoms with Crippen LogP contribution in [-0.2, 0) is 24.2 Å². The van der Waals surface area contributed by atoms with Crippen LogP contribution in [0.25, 0.3) is 11.2 Å². The third-order valence-corrected chi connectivity index (χ3v) is 18.3. The van der Waals surface area contributed by atoms with E-state index in [9.17, 15) is 14.7 Å². The van der Waals surface area contributed by atoms with Gasteiger partial charge in [0.1, 0.15) is 18.3 Å². The molecule has 4 N–H and O–H groups in total. The first-order chi connectivity index (χ1) is 18.2. The fourth-order valence-corrected chi connectivity index (χ4v) is 17.3. The molecule has 12 nitrogen and oxygen atoms in total. The first-order valence-corrected chi connectivity index (χ1v) is 17.6. The number of fused-ring (bicyclic) bond motifs is 2. The topological polar surface area (TPSA) is 156 Å². The summed E-state index contributed by atoms with van der Waals surface area (Å²) in [4.78, 5) is 33.1. The number of ether oxygens (including phenoxy) is 1. The van der Waals surface area contributed by atoms with Crippen LogP contribution in [0.4, 0.5) is 5.95 Å². The summed E-state index contributed by atoms with van der Waals surface area (Å²) in [5.74, 6) is -0.154. The van der Waals surface area contributed by atoms with Crippen molar-refractivity contribution in [2.45, 2.75) is 109 Å². The molecule has 2 aliphatic heterocycles. The Hall–Kier alpha value is -2.08. The predicted molar refractivity (Wildman–Crippen MR) is 153 cm³/mol. The molecule has 2 aromatic heterocycles. The standard InChI is InChI=1S/C25H43N5O7Si2/c1-10-11-29-18-21(27-24(26)28-22(18)32)30(25(29)33)23-19(31)20-17(35-23)12-34-38(13(2)3,14(4)5)37-39(36-20,15(6)7)16(8)9/h10,13-17,19-20,23,31H,1,11-12H2,2-9H3,(H3,26,27,28,32)/t17-,19+,20-,23-/m1/s1. The minimum absolute atomic E-state index is 0.0166. The number of hydrogen-bond donors (Lipinski definition) is 3. The van der Waals surface area contributed by atoms with Crippen LogP contribution in [0.15, 0.2) is 22.2 Å². The SMILES string of the molecule is C=CCn1c(=O)n([C@@H]2O[C@@H]3CO[Si](C(C)C)(C(C)C)O[Si](C(C)C)(C(C)C)O[C@H]3[C@@H]2O)c2nc(N)[nH]c(=O)c21. The number of H-pyrrole nitrogens is 1. The smallest absolute Gasteiger partial charge is 0.335 e. The molecule has 4 rings (SSSR count). The lowest BCUT2D eigenvalue weighted by atomic mass is 10.1. The molecule has 4 atom stereocenters. The third kappa shape index (κ3) is 4.69. The van der Waals surface area contributed by atoms with Gasteiger partial charge in [0.15, 0.2) is 17.4 Å². The van der Waals surface area contributed by atoms with E-state index in [0.717, 1.165) is 0 Å². The van der Waals surface area contributed by atoms with Crippen molar-refractivity contribution in [1.29, 1.82) is 0 Å². The second-order valence-electron chi connectivity index (χ2n) is 11.8. The number of aliphatic hydroxyl groups excluding tert-OH is 1. The molecule has 2 aliphatic rings. The Bertz CT molecular complexity index is 1320. The van der Waals surface area contributed by atoms with Crippen LogP contribution in [0.1, 0.15) is 61.6 Å². The predicted octanol–water partition coefficient (Wildman–Crippen LogP) is 2.87. The summed E-state index contributed by atoms with van der Waals surface area (Å²) < 4.78 is 29.7. The van der Waals surface area contributed by atoms with Crippen molar-refractivity contribution in [3.05, 3.63) is 33.5 Å². The van der Waals surface area contributed by atoms with Gasteiger partial charge in [-0.05, 0) is 22.2 Å². The van der Waals surface area contributed by atoms with E-state index in [1.165, 1.54) is 15.2 Å². The molecular formula is C25H43N5O7Si2. The zero-order chi connectivity index (χ0) is 29.0. The number of aromatic amines is 1. The van der Waals surface area contributed by atoms with Crippen LogP contribution >= 0.6 is 0 Å². The monoisotopic (exact) mass is 581 g/mol. The molecule has 14 heteroatoms. The number of allylic oxidation sites excluding steroid dienone is 1. The average molecular weight is 582 g/mol. The Morgan fingerprint density at radius 2 is 1.69 bits per heavy atom. The Labute approximate surface area is 230 Å². The number of hydrogen-bond acceptors (Lipinski definition) is 9. The minimum atomic E-state index is -3.03. The van der Waals surface area contributed by atoms with Gasteiger partial charge in [-0.25, -0.2) is 9.36 Å². The first kappa shape index (κ1) is 29.9. The maximum atomic E-state index is 13.6. The lowest BCUT2D eigenvalue weighted by Crippen LogP contribution is -2.65. The largest absolute Gasteiger partial charge is 0.414 e. The van der Waals surface area contributed by atoms with Gasteiger partial charge in [-0.3, -0.25) is 14.3 Å². The van der Waals surface area contributed by atoms with E-state index < -0.39 is 52.9 Å². The van der Waals surface area contributed by atoms with Gasteiger partial charge < -0.3 is 28.5 Å². The Morgan fingerprint density at radius 3 is 2.23 bits per heavy atom. The second kappa shape index (κ2) is 10.7. The van der Waals surface area contributed by atoms with Crippen molar-refractivity contribution in [1.82, 2.24) is 19.1 Å². The normalized spacial score (nSPS) is 26.9. The highest BCUT2D eigenvalue weighted by Gasteiger charge is 2.62. The molecule has 2 fully saturated rings. The summed E-state index contributed by atoms with van der Waals surface area (Å²) in [5.41, 5.74) is 5.11. The van der Waals surface area contributed by atoms with Crippen molar-refractivity contribution in [3.63, 3.8) is 0 Å².